The molecule has 22 heavy (non-hydrogen) atoms. The Labute approximate surface area is 132 Å². The highest BCUT2D eigenvalue weighted by molar-refractivity contribution is 5.84. The lowest BCUT2D eigenvalue weighted by Gasteiger charge is -2.37. The molecule has 1 aliphatic carbocycles. The van der Waals surface area contributed by atoms with Gasteiger partial charge in [0.25, 0.3) is 0 Å². The van der Waals surface area contributed by atoms with Crippen LogP contribution < -0.4 is 10.6 Å². The van der Waals surface area contributed by atoms with Crippen LogP contribution in [0.4, 0.5) is 0 Å². The summed E-state index contributed by atoms with van der Waals surface area (Å²) in [6, 6.07) is 1.90. The third-order valence-corrected chi connectivity index (χ3v) is 5.22. The maximum atomic E-state index is 13.0. The van der Waals surface area contributed by atoms with E-state index in [9.17, 15) is 4.79 Å². The van der Waals surface area contributed by atoms with Gasteiger partial charge >= 0.3 is 0 Å². The third-order valence-electron chi connectivity index (χ3n) is 5.22. The van der Waals surface area contributed by atoms with Crippen molar-refractivity contribution in [3.05, 3.63) is 18.5 Å². The molecule has 0 bridgehead atoms. The Morgan fingerprint density at radius 1 is 1.32 bits per heavy atom. The van der Waals surface area contributed by atoms with Gasteiger partial charge in [0, 0.05) is 18.9 Å². The summed E-state index contributed by atoms with van der Waals surface area (Å²) in [7, 11) is 0. The van der Waals surface area contributed by atoms with Crippen LogP contribution in [-0.4, -0.2) is 35.3 Å². The van der Waals surface area contributed by atoms with Crippen molar-refractivity contribution in [2.45, 2.75) is 51.5 Å². The average Bonchev–Trinajstić information content (AvgIpc) is 3.03. The largest absolute Gasteiger partial charge is 0.353 e. The Kier molecular flexibility index (Phi) is 4.26. The molecule has 1 aromatic heterocycles. The van der Waals surface area contributed by atoms with Gasteiger partial charge in [-0.05, 0) is 62.6 Å². The molecule has 2 fully saturated rings. The van der Waals surface area contributed by atoms with E-state index in [1.807, 2.05) is 16.9 Å². The minimum absolute atomic E-state index is 0.146. The molecule has 0 radical (unpaired) electrons. The molecule has 5 nitrogen and oxygen atoms in total. The quantitative estimate of drug-likeness (QED) is 0.844. The summed E-state index contributed by atoms with van der Waals surface area (Å²) in [5.74, 6) is 0.839. The Balaban J connectivity index is 1.68. The first-order valence-corrected chi connectivity index (χ1v) is 8.56. The van der Waals surface area contributed by atoms with Crippen molar-refractivity contribution in [3.8, 4) is 0 Å². The van der Waals surface area contributed by atoms with Gasteiger partial charge in [-0.1, -0.05) is 13.8 Å². The highest BCUT2D eigenvalue weighted by atomic mass is 16.2. The molecule has 0 aromatic carbocycles. The zero-order valence-corrected chi connectivity index (χ0v) is 13.8. The normalized spacial score (nSPS) is 22.5. The number of hydrogen-bond acceptors (Lipinski definition) is 3. The van der Waals surface area contributed by atoms with E-state index in [4.69, 9.17) is 0 Å². The molecule has 2 N–H and O–H groups in total. The number of amides is 1. The molecule has 0 spiro atoms. The zero-order chi connectivity index (χ0) is 15.6. The molecule has 1 aliphatic heterocycles. The fourth-order valence-corrected chi connectivity index (χ4v) is 3.85. The second-order valence-corrected chi connectivity index (χ2v) is 7.51. The lowest BCUT2D eigenvalue weighted by atomic mass is 9.86. The topological polar surface area (TPSA) is 59.0 Å². The standard InChI is InChI=1S/C17H28N4O/c1-14(2)12-16(4-5-16)13-19-15(22)17(6-9-18-10-7-17)21-11-3-8-20-21/h3,8,11,14,18H,4-7,9-10,12-13H2,1-2H3,(H,19,22). The van der Waals surface area contributed by atoms with Crippen molar-refractivity contribution in [1.82, 2.24) is 20.4 Å². The third kappa shape index (κ3) is 3.05. The Hall–Kier alpha value is -1.36. The Morgan fingerprint density at radius 2 is 2.05 bits per heavy atom. The maximum absolute atomic E-state index is 13.0. The number of nitrogens with zero attached hydrogens (tertiary/aromatic N) is 2. The number of nitrogens with one attached hydrogen (secondary N) is 2. The SMILES string of the molecule is CC(C)CC1(CNC(=O)C2(n3cccn3)CCNCC2)CC1. The predicted molar refractivity (Wildman–Crippen MR) is 86.4 cm³/mol. The van der Waals surface area contributed by atoms with Crippen LogP contribution in [0.2, 0.25) is 0 Å². The van der Waals surface area contributed by atoms with Crippen molar-refractivity contribution < 1.29 is 4.79 Å². The van der Waals surface area contributed by atoms with Crippen molar-refractivity contribution in [1.29, 1.82) is 0 Å². The molecule has 2 aliphatic rings. The van der Waals surface area contributed by atoms with Gasteiger partial charge < -0.3 is 10.6 Å². The van der Waals surface area contributed by atoms with E-state index >= 15 is 0 Å². The highest BCUT2D eigenvalue weighted by Gasteiger charge is 2.46. The molecule has 0 atom stereocenters. The molecular weight excluding hydrogens is 276 g/mol. The number of carbonyl (C=O) groups is 1. The van der Waals surface area contributed by atoms with Crippen LogP contribution in [0.15, 0.2) is 18.5 Å². The van der Waals surface area contributed by atoms with E-state index in [1.165, 1.54) is 19.3 Å². The molecule has 122 valence electrons. The molecule has 1 amide bonds. The van der Waals surface area contributed by atoms with Gasteiger partial charge in [-0.2, -0.15) is 5.10 Å². The van der Waals surface area contributed by atoms with Crippen LogP contribution in [0.1, 0.15) is 46.0 Å². The maximum Gasteiger partial charge on any atom is 0.248 e. The molecule has 0 unspecified atom stereocenters. The fourth-order valence-electron chi connectivity index (χ4n) is 3.85. The number of hydrogen-bond donors (Lipinski definition) is 2. The van der Waals surface area contributed by atoms with Crippen molar-refractivity contribution >= 4 is 5.91 Å². The lowest BCUT2D eigenvalue weighted by molar-refractivity contribution is -0.132. The molecular formula is C17H28N4O. The minimum atomic E-state index is -0.511. The highest BCUT2D eigenvalue weighted by Crippen LogP contribution is 2.50. The summed E-state index contributed by atoms with van der Waals surface area (Å²) < 4.78 is 1.87. The number of carbonyl (C=O) groups excluding carboxylic acids is 1. The summed E-state index contributed by atoms with van der Waals surface area (Å²) in [6.45, 7) is 7.08. The van der Waals surface area contributed by atoms with E-state index in [1.54, 1.807) is 6.20 Å². The molecule has 1 aromatic rings. The van der Waals surface area contributed by atoms with E-state index in [-0.39, 0.29) is 5.91 Å². The number of rotatable bonds is 6. The van der Waals surface area contributed by atoms with Crippen LogP contribution in [-0.2, 0) is 10.3 Å². The van der Waals surface area contributed by atoms with E-state index < -0.39 is 5.54 Å². The van der Waals surface area contributed by atoms with Gasteiger partial charge in [-0.15, -0.1) is 0 Å². The lowest BCUT2D eigenvalue weighted by Crippen LogP contribution is -2.55. The first kappa shape index (κ1) is 15.5. The molecule has 1 saturated carbocycles. The van der Waals surface area contributed by atoms with E-state index in [2.05, 4.69) is 29.6 Å². The van der Waals surface area contributed by atoms with Gasteiger partial charge in [-0.25, -0.2) is 0 Å². The Bertz CT molecular complexity index is 499. The van der Waals surface area contributed by atoms with Gasteiger partial charge in [0.2, 0.25) is 5.91 Å². The molecule has 2 heterocycles. The first-order chi connectivity index (χ1) is 10.6. The van der Waals surface area contributed by atoms with Crippen molar-refractivity contribution in [2.24, 2.45) is 11.3 Å². The molecule has 3 rings (SSSR count). The second kappa shape index (κ2) is 6.03. The summed E-state index contributed by atoms with van der Waals surface area (Å²) in [6.07, 6.45) is 9.01. The monoisotopic (exact) mass is 304 g/mol. The molecule has 1 saturated heterocycles. The van der Waals surface area contributed by atoms with Crippen LogP contribution in [0.5, 0.6) is 0 Å². The van der Waals surface area contributed by atoms with E-state index in [0.29, 0.717) is 11.3 Å². The summed E-state index contributed by atoms with van der Waals surface area (Å²) in [5, 5.41) is 11.0. The number of piperidine rings is 1. The Morgan fingerprint density at radius 3 is 2.59 bits per heavy atom. The van der Waals surface area contributed by atoms with Crippen LogP contribution in [0, 0.1) is 11.3 Å². The van der Waals surface area contributed by atoms with Crippen LogP contribution >= 0.6 is 0 Å². The molecule has 5 heteroatoms. The summed E-state index contributed by atoms with van der Waals surface area (Å²) in [4.78, 5) is 13.0. The van der Waals surface area contributed by atoms with Gasteiger partial charge in [0.05, 0.1) is 0 Å². The first-order valence-electron chi connectivity index (χ1n) is 8.56. The number of aromatic nitrogens is 2. The minimum Gasteiger partial charge on any atom is -0.353 e. The second-order valence-electron chi connectivity index (χ2n) is 7.51. The van der Waals surface area contributed by atoms with E-state index in [0.717, 1.165) is 32.5 Å². The summed E-state index contributed by atoms with van der Waals surface area (Å²) in [5.41, 5.74) is -0.148. The van der Waals surface area contributed by atoms with Crippen LogP contribution in [0.3, 0.4) is 0 Å². The fraction of sp³-hybridized carbons (Fsp3) is 0.765. The predicted octanol–water partition coefficient (Wildman–Crippen LogP) is 1.90. The van der Waals surface area contributed by atoms with Crippen molar-refractivity contribution in [3.63, 3.8) is 0 Å². The van der Waals surface area contributed by atoms with Gasteiger partial charge in [0.1, 0.15) is 5.54 Å². The zero-order valence-electron chi connectivity index (χ0n) is 13.8. The van der Waals surface area contributed by atoms with Gasteiger partial charge in [-0.3, -0.25) is 9.48 Å². The average molecular weight is 304 g/mol. The van der Waals surface area contributed by atoms with Crippen molar-refractivity contribution in [2.75, 3.05) is 19.6 Å². The summed E-state index contributed by atoms with van der Waals surface area (Å²) >= 11 is 0. The van der Waals surface area contributed by atoms with Crippen LogP contribution in [0.25, 0.3) is 0 Å². The van der Waals surface area contributed by atoms with Gasteiger partial charge in [0.15, 0.2) is 0 Å². The smallest absolute Gasteiger partial charge is 0.248 e.